The number of rotatable bonds is 6. The van der Waals surface area contributed by atoms with Gasteiger partial charge in [0.05, 0.1) is 35.0 Å². The van der Waals surface area contributed by atoms with E-state index in [4.69, 9.17) is 4.42 Å². The summed E-state index contributed by atoms with van der Waals surface area (Å²) in [6, 6.07) is 14.7. The predicted molar refractivity (Wildman–Crippen MR) is 127 cm³/mol. The SMILES string of the molecule is CN1C(=O)C(=C(Nc2ccc(CN3CCCC3)cc2)c2ccoc2)c2cc(C(=O)O)ccc21. The highest BCUT2D eigenvalue weighted by atomic mass is 16.4. The second kappa shape index (κ2) is 8.60. The Morgan fingerprint density at radius 3 is 2.48 bits per heavy atom. The average Bonchev–Trinajstić information content (AvgIpc) is 3.57. The van der Waals surface area contributed by atoms with Crippen molar-refractivity contribution in [1.82, 2.24) is 4.90 Å². The smallest absolute Gasteiger partial charge is 0.335 e. The van der Waals surface area contributed by atoms with Crippen LogP contribution in [-0.2, 0) is 11.3 Å². The van der Waals surface area contributed by atoms with Crippen molar-refractivity contribution in [2.24, 2.45) is 0 Å². The number of nitrogens with one attached hydrogen (secondary N) is 1. The molecule has 2 aliphatic rings. The van der Waals surface area contributed by atoms with Gasteiger partial charge in [0.1, 0.15) is 0 Å². The normalized spacial score (nSPS) is 17.4. The Morgan fingerprint density at radius 2 is 1.82 bits per heavy atom. The second-order valence-electron chi connectivity index (χ2n) is 8.47. The summed E-state index contributed by atoms with van der Waals surface area (Å²) < 4.78 is 5.30. The van der Waals surface area contributed by atoms with Crippen molar-refractivity contribution in [1.29, 1.82) is 0 Å². The molecule has 3 heterocycles. The summed E-state index contributed by atoms with van der Waals surface area (Å²) in [7, 11) is 1.69. The molecule has 5 rings (SSSR count). The molecule has 1 fully saturated rings. The van der Waals surface area contributed by atoms with Gasteiger partial charge in [-0.15, -0.1) is 0 Å². The zero-order valence-electron chi connectivity index (χ0n) is 18.4. The second-order valence-corrected chi connectivity index (χ2v) is 8.47. The Kier molecular flexibility index (Phi) is 5.48. The highest BCUT2D eigenvalue weighted by Crippen LogP contribution is 2.41. The quantitative estimate of drug-likeness (QED) is 0.545. The van der Waals surface area contributed by atoms with Gasteiger partial charge >= 0.3 is 5.97 Å². The van der Waals surface area contributed by atoms with Crippen LogP contribution < -0.4 is 10.2 Å². The summed E-state index contributed by atoms with van der Waals surface area (Å²) in [5, 5.41) is 12.9. The molecule has 168 valence electrons. The van der Waals surface area contributed by atoms with Gasteiger partial charge in [0.15, 0.2) is 0 Å². The first-order chi connectivity index (χ1) is 16.0. The molecule has 33 heavy (non-hydrogen) atoms. The van der Waals surface area contributed by atoms with Gasteiger partial charge < -0.3 is 19.7 Å². The Labute approximate surface area is 191 Å². The molecule has 7 heteroatoms. The third-order valence-electron chi connectivity index (χ3n) is 6.28. The summed E-state index contributed by atoms with van der Waals surface area (Å²) in [5.41, 5.74) is 5.16. The van der Waals surface area contributed by atoms with Crippen molar-refractivity contribution in [3.05, 3.63) is 83.3 Å². The van der Waals surface area contributed by atoms with E-state index in [1.54, 1.807) is 37.8 Å². The van der Waals surface area contributed by atoms with Gasteiger partial charge in [-0.05, 0) is 67.9 Å². The molecule has 0 spiro atoms. The van der Waals surface area contributed by atoms with E-state index in [0.717, 1.165) is 25.3 Å². The largest absolute Gasteiger partial charge is 0.478 e. The van der Waals surface area contributed by atoms with E-state index in [1.807, 2.05) is 12.1 Å². The number of carboxylic acids is 1. The molecule has 0 unspecified atom stereocenters. The lowest BCUT2D eigenvalue weighted by Crippen LogP contribution is -2.21. The van der Waals surface area contributed by atoms with Crippen LogP contribution in [0.1, 0.15) is 39.9 Å². The van der Waals surface area contributed by atoms with Crippen molar-refractivity contribution < 1.29 is 19.1 Å². The van der Waals surface area contributed by atoms with Gasteiger partial charge in [0.25, 0.3) is 5.91 Å². The fourth-order valence-electron chi connectivity index (χ4n) is 4.52. The Balaban J connectivity index is 1.53. The van der Waals surface area contributed by atoms with Crippen LogP contribution >= 0.6 is 0 Å². The average molecular weight is 444 g/mol. The number of carbonyl (C=O) groups excluding carboxylic acids is 1. The molecule has 0 aliphatic carbocycles. The zero-order valence-corrected chi connectivity index (χ0v) is 18.4. The van der Waals surface area contributed by atoms with Crippen LogP contribution in [0.25, 0.3) is 11.3 Å². The Bertz CT molecular complexity index is 1220. The number of likely N-dealkylation sites (tertiary alicyclic amines) is 1. The third-order valence-corrected chi connectivity index (χ3v) is 6.28. The zero-order chi connectivity index (χ0) is 22.9. The molecule has 0 bridgehead atoms. The third kappa shape index (κ3) is 4.03. The number of hydrogen-bond acceptors (Lipinski definition) is 5. The first kappa shape index (κ1) is 21.0. The van der Waals surface area contributed by atoms with E-state index in [1.165, 1.54) is 29.4 Å². The molecule has 3 aromatic rings. The number of carboxylic acid groups (broad SMARTS) is 1. The van der Waals surface area contributed by atoms with Crippen LogP contribution in [0.4, 0.5) is 11.4 Å². The topological polar surface area (TPSA) is 86.0 Å². The van der Waals surface area contributed by atoms with Crippen LogP contribution in [0, 0.1) is 0 Å². The van der Waals surface area contributed by atoms with Gasteiger partial charge in [-0.3, -0.25) is 9.69 Å². The number of amides is 1. The predicted octanol–water partition coefficient (Wildman–Crippen LogP) is 4.53. The summed E-state index contributed by atoms with van der Waals surface area (Å²) in [6.07, 6.45) is 5.64. The first-order valence-electron chi connectivity index (χ1n) is 11.0. The summed E-state index contributed by atoms with van der Waals surface area (Å²) in [4.78, 5) is 28.8. The molecular formula is C26H25N3O4. The van der Waals surface area contributed by atoms with Crippen LogP contribution in [0.3, 0.4) is 0 Å². The standard InChI is InChI=1S/C26H25N3O4/c1-28-22-9-6-18(26(31)32)14-21(22)23(25(28)30)24(19-10-13-33-16-19)27-20-7-4-17(5-8-20)15-29-11-2-3-12-29/h4-10,13-14,16,27H,2-3,11-12,15H2,1H3,(H,31,32). The fraction of sp³-hybridized carbons (Fsp3) is 0.231. The number of benzene rings is 2. The van der Waals surface area contributed by atoms with E-state index >= 15 is 0 Å². The van der Waals surface area contributed by atoms with Crippen molar-refractivity contribution in [2.45, 2.75) is 19.4 Å². The van der Waals surface area contributed by atoms with E-state index in [0.29, 0.717) is 28.1 Å². The highest BCUT2D eigenvalue weighted by molar-refractivity contribution is 6.38. The van der Waals surface area contributed by atoms with E-state index in [9.17, 15) is 14.7 Å². The number of nitrogens with zero attached hydrogens (tertiary/aromatic N) is 2. The number of fused-ring (bicyclic) bond motifs is 1. The number of furan rings is 1. The monoisotopic (exact) mass is 443 g/mol. The van der Waals surface area contributed by atoms with Gasteiger partial charge in [-0.1, -0.05) is 12.1 Å². The highest BCUT2D eigenvalue weighted by Gasteiger charge is 2.34. The molecule has 0 atom stereocenters. The lowest BCUT2D eigenvalue weighted by atomic mass is 9.99. The van der Waals surface area contributed by atoms with E-state index in [-0.39, 0.29) is 11.5 Å². The first-order valence-corrected chi connectivity index (χ1v) is 11.0. The van der Waals surface area contributed by atoms with Crippen LogP contribution in [0.15, 0.2) is 65.5 Å². The van der Waals surface area contributed by atoms with E-state index in [2.05, 4.69) is 22.3 Å². The number of hydrogen-bond donors (Lipinski definition) is 2. The minimum absolute atomic E-state index is 0.132. The molecule has 7 nitrogen and oxygen atoms in total. The van der Waals surface area contributed by atoms with Crippen LogP contribution in [0.2, 0.25) is 0 Å². The molecular weight excluding hydrogens is 418 g/mol. The minimum Gasteiger partial charge on any atom is -0.478 e. The molecule has 1 aromatic heterocycles. The molecule has 2 N–H and O–H groups in total. The molecule has 1 saturated heterocycles. The van der Waals surface area contributed by atoms with Crippen molar-refractivity contribution in [3.63, 3.8) is 0 Å². The van der Waals surface area contributed by atoms with Crippen molar-refractivity contribution >= 4 is 34.5 Å². The maximum Gasteiger partial charge on any atom is 0.335 e. The number of anilines is 2. The summed E-state index contributed by atoms with van der Waals surface area (Å²) in [6.45, 7) is 3.22. The molecule has 0 saturated carbocycles. The Hall–Kier alpha value is -3.84. The van der Waals surface area contributed by atoms with Gasteiger partial charge in [-0.25, -0.2) is 4.79 Å². The number of aromatic carboxylic acids is 1. The van der Waals surface area contributed by atoms with E-state index < -0.39 is 5.97 Å². The fourth-order valence-corrected chi connectivity index (χ4v) is 4.52. The van der Waals surface area contributed by atoms with Crippen molar-refractivity contribution in [3.8, 4) is 0 Å². The van der Waals surface area contributed by atoms with Crippen LogP contribution in [-0.4, -0.2) is 42.0 Å². The van der Waals surface area contributed by atoms with Gasteiger partial charge in [0, 0.05) is 30.4 Å². The summed E-state index contributed by atoms with van der Waals surface area (Å²) in [5.74, 6) is -1.24. The summed E-state index contributed by atoms with van der Waals surface area (Å²) >= 11 is 0. The molecule has 1 amide bonds. The molecule has 2 aliphatic heterocycles. The van der Waals surface area contributed by atoms with Crippen LogP contribution in [0.5, 0.6) is 0 Å². The maximum atomic E-state index is 13.3. The van der Waals surface area contributed by atoms with Gasteiger partial charge in [-0.2, -0.15) is 0 Å². The van der Waals surface area contributed by atoms with Gasteiger partial charge in [0.2, 0.25) is 0 Å². The number of carbonyl (C=O) groups is 2. The Morgan fingerprint density at radius 1 is 1.06 bits per heavy atom. The molecule has 2 aromatic carbocycles. The lowest BCUT2D eigenvalue weighted by Gasteiger charge is -2.16. The van der Waals surface area contributed by atoms with Crippen molar-refractivity contribution in [2.75, 3.05) is 30.4 Å². The molecule has 0 radical (unpaired) electrons. The minimum atomic E-state index is -1.04. The lowest BCUT2D eigenvalue weighted by molar-refractivity contribution is -0.112. The maximum absolute atomic E-state index is 13.3. The number of likely N-dealkylation sites (N-methyl/N-ethyl adjacent to an activating group) is 1.